The Morgan fingerprint density at radius 2 is 1.51 bits per heavy atom. The highest BCUT2D eigenvalue weighted by molar-refractivity contribution is 6.05. The van der Waals surface area contributed by atoms with Gasteiger partial charge in [0.1, 0.15) is 0 Å². The first-order chi connectivity index (χ1) is 20.5. The van der Waals surface area contributed by atoms with Gasteiger partial charge >= 0.3 is 12.2 Å². The normalized spacial score (nSPS) is 13.9. The van der Waals surface area contributed by atoms with E-state index in [1.54, 1.807) is 36.0 Å². The van der Waals surface area contributed by atoms with Gasteiger partial charge in [0.25, 0.3) is 0 Å². The van der Waals surface area contributed by atoms with E-state index < -0.39 is 23.2 Å². The first-order valence-corrected chi connectivity index (χ1v) is 13.4. The van der Waals surface area contributed by atoms with Gasteiger partial charge < -0.3 is 21.7 Å². The van der Waals surface area contributed by atoms with E-state index in [0.29, 0.717) is 40.9 Å². The summed E-state index contributed by atoms with van der Waals surface area (Å²) in [5, 5.41) is 13.0. The van der Waals surface area contributed by atoms with Crippen LogP contribution in [-0.4, -0.2) is 26.7 Å². The van der Waals surface area contributed by atoms with Gasteiger partial charge in [0.2, 0.25) is 5.91 Å². The molecule has 218 valence electrons. The van der Waals surface area contributed by atoms with Gasteiger partial charge in [-0.15, -0.1) is 0 Å². The maximum atomic E-state index is 13.4. The van der Waals surface area contributed by atoms with Crippen molar-refractivity contribution in [3.63, 3.8) is 0 Å². The summed E-state index contributed by atoms with van der Waals surface area (Å²) >= 11 is 0. The molecule has 9 nitrogen and oxygen atoms in total. The molecule has 0 aliphatic heterocycles. The van der Waals surface area contributed by atoms with Crippen molar-refractivity contribution in [1.82, 2.24) is 14.8 Å². The van der Waals surface area contributed by atoms with Gasteiger partial charge in [-0.3, -0.25) is 4.79 Å². The molecule has 1 aliphatic rings. The van der Waals surface area contributed by atoms with Crippen LogP contribution in [0.5, 0.6) is 0 Å². The van der Waals surface area contributed by atoms with Gasteiger partial charge in [-0.2, -0.15) is 18.3 Å². The van der Waals surface area contributed by atoms with E-state index in [2.05, 4.69) is 21.0 Å². The number of aromatic nitrogens is 3. The Balaban J connectivity index is 1.26. The molecular formula is C31H26F3N7O2. The summed E-state index contributed by atoms with van der Waals surface area (Å²) in [5.41, 5.74) is 8.35. The highest BCUT2D eigenvalue weighted by Crippen LogP contribution is 2.50. The number of pyridine rings is 1. The lowest BCUT2D eigenvalue weighted by molar-refractivity contribution is -0.137. The van der Waals surface area contributed by atoms with Gasteiger partial charge in [-0.25, -0.2) is 14.5 Å². The fourth-order valence-electron chi connectivity index (χ4n) is 5.05. The molecule has 1 saturated carbocycles. The van der Waals surface area contributed by atoms with Crippen LogP contribution in [0.25, 0.3) is 22.2 Å². The number of nitrogens with zero attached hydrogens (tertiary/aromatic N) is 3. The lowest BCUT2D eigenvalue weighted by Crippen LogP contribution is -2.28. The smallest absolute Gasteiger partial charge is 0.382 e. The van der Waals surface area contributed by atoms with Crippen LogP contribution in [0.15, 0.2) is 84.9 Å². The zero-order valence-corrected chi connectivity index (χ0v) is 22.9. The van der Waals surface area contributed by atoms with Crippen LogP contribution in [0.1, 0.15) is 24.1 Å². The minimum absolute atomic E-state index is 0.00742. The SMILES string of the molecule is Cn1nc(N)c2c(-c3ccc(NC(=O)Nc4cccc(C(F)(F)F)c4)cc3)cc(C3(C(=O)Nc4ccccc4)CC3)nc21. The first-order valence-electron chi connectivity index (χ1n) is 13.4. The third kappa shape index (κ3) is 5.46. The molecule has 0 radical (unpaired) electrons. The number of anilines is 4. The molecule has 0 spiro atoms. The number of benzene rings is 3. The second-order valence-corrected chi connectivity index (χ2v) is 10.4. The predicted octanol–water partition coefficient (Wildman–Crippen LogP) is 6.55. The molecule has 0 bridgehead atoms. The van der Waals surface area contributed by atoms with Crippen LogP contribution in [-0.2, 0) is 23.4 Å². The molecule has 3 aromatic carbocycles. The second-order valence-electron chi connectivity index (χ2n) is 10.4. The number of hydrogen-bond acceptors (Lipinski definition) is 5. The number of rotatable bonds is 6. The summed E-state index contributed by atoms with van der Waals surface area (Å²) < 4.78 is 40.6. The van der Waals surface area contributed by atoms with Crippen LogP contribution in [0.4, 0.5) is 40.8 Å². The van der Waals surface area contributed by atoms with E-state index in [1.807, 2.05) is 36.4 Å². The number of aryl methyl sites for hydroxylation is 1. The van der Waals surface area contributed by atoms with Gasteiger partial charge in [-0.1, -0.05) is 36.4 Å². The summed E-state index contributed by atoms with van der Waals surface area (Å²) in [4.78, 5) is 30.7. The molecule has 0 saturated heterocycles. The Kier molecular flexibility index (Phi) is 6.76. The Bertz CT molecular complexity index is 1850. The van der Waals surface area contributed by atoms with Crippen molar-refractivity contribution in [1.29, 1.82) is 0 Å². The Morgan fingerprint density at radius 1 is 0.860 bits per heavy atom. The van der Waals surface area contributed by atoms with Crippen LogP contribution < -0.4 is 21.7 Å². The van der Waals surface area contributed by atoms with Crippen molar-refractivity contribution in [2.45, 2.75) is 24.4 Å². The number of amides is 3. The number of nitrogens with one attached hydrogen (secondary N) is 3. The van der Waals surface area contributed by atoms with Crippen LogP contribution in [0.3, 0.4) is 0 Å². The summed E-state index contributed by atoms with van der Waals surface area (Å²) in [7, 11) is 1.74. The largest absolute Gasteiger partial charge is 0.416 e. The standard InChI is InChI=1S/C31H26F3N7O2/c1-41-27-25(26(35)40-41)23(17-24(39-27)30(14-15-30)28(42)36-20-7-3-2-4-8-20)18-10-12-21(13-11-18)37-29(43)38-22-9-5-6-19(16-22)31(32,33)34/h2-13,16-17H,14-15H2,1H3,(H2,35,40)(H,36,42)(H2,37,38,43). The molecular weight excluding hydrogens is 559 g/mol. The molecule has 1 aliphatic carbocycles. The van der Waals surface area contributed by atoms with E-state index in [1.165, 1.54) is 12.1 Å². The number of carbonyl (C=O) groups is 2. The molecule has 12 heteroatoms. The summed E-state index contributed by atoms with van der Waals surface area (Å²) in [6.45, 7) is 0. The van der Waals surface area contributed by atoms with Gasteiger partial charge in [0, 0.05) is 24.1 Å². The van der Waals surface area contributed by atoms with E-state index >= 15 is 0 Å². The molecule has 0 atom stereocenters. The summed E-state index contributed by atoms with van der Waals surface area (Å²) in [5.74, 6) is 0.144. The van der Waals surface area contributed by atoms with Crippen LogP contribution in [0.2, 0.25) is 0 Å². The number of hydrogen-bond donors (Lipinski definition) is 4. The lowest BCUT2D eigenvalue weighted by Gasteiger charge is -2.17. The third-order valence-corrected chi connectivity index (χ3v) is 7.43. The minimum atomic E-state index is -4.52. The zero-order valence-electron chi connectivity index (χ0n) is 22.9. The molecule has 5 aromatic rings. The highest BCUT2D eigenvalue weighted by Gasteiger charge is 2.53. The fraction of sp³-hybridized carbons (Fsp3) is 0.161. The van der Waals surface area contributed by atoms with Crippen molar-refractivity contribution in [3.8, 4) is 11.1 Å². The fourth-order valence-corrected chi connectivity index (χ4v) is 5.05. The Hall–Kier alpha value is -5.39. The Labute approximate surface area is 243 Å². The summed E-state index contributed by atoms with van der Waals surface area (Å²) in [6, 6.07) is 21.6. The van der Waals surface area contributed by atoms with Crippen LogP contribution in [0, 0.1) is 0 Å². The van der Waals surface area contributed by atoms with E-state index in [0.717, 1.165) is 23.3 Å². The maximum absolute atomic E-state index is 13.4. The maximum Gasteiger partial charge on any atom is 0.416 e. The van der Waals surface area contributed by atoms with Gasteiger partial charge in [0.15, 0.2) is 11.5 Å². The predicted molar refractivity (Wildman–Crippen MR) is 158 cm³/mol. The topological polar surface area (TPSA) is 127 Å². The molecule has 43 heavy (non-hydrogen) atoms. The second kappa shape index (κ2) is 10.5. The minimum Gasteiger partial charge on any atom is -0.382 e. The number of urea groups is 1. The average Bonchev–Trinajstić information content (AvgIpc) is 3.74. The Morgan fingerprint density at radius 3 is 2.19 bits per heavy atom. The van der Waals surface area contributed by atoms with Crippen molar-refractivity contribution >= 4 is 45.9 Å². The van der Waals surface area contributed by atoms with E-state index in [9.17, 15) is 22.8 Å². The lowest BCUT2D eigenvalue weighted by atomic mass is 9.94. The molecule has 5 N–H and O–H groups in total. The number of fused-ring (bicyclic) bond motifs is 1. The number of carbonyl (C=O) groups excluding carboxylic acids is 2. The average molecular weight is 586 g/mol. The third-order valence-electron chi connectivity index (χ3n) is 7.43. The van der Waals surface area contributed by atoms with Gasteiger partial charge in [0.05, 0.1) is 22.1 Å². The van der Waals surface area contributed by atoms with E-state index in [-0.39, 0.29) is 17.4 Å². The van der Waals surface area contributed by atoms with Crippen molar-refractivity contribution < 1.29 is 22.8 Å². The molecule has 0 unspecified atom stereocenters. The zero-order chi connectivity index (χ0) is 30.4. The number of nitrogens with two attached hydrogens (primary N) is 1. The quantitative estimate of drug-likeness (QED) is 0.180. The highest BCUT2D eigenvalue weighted by atomic mass is 19.4. The van der Waals surface area contributed by atoms with Crippen molar-refractivity contribution in [2.75, 3.05) is 21.7 Å². The van der Waals surface area contributed by atoms with Gasteiger partial charge in [-0.05, 0) is 72.5 Å². The molecule has 2 aromatic heterocycles. The van der Waals surface area contributed by atoms with E-state index in [4.69, 9.17) is 10.7 Å². The number of nitrogen functional groups attached to an aromatic ring is 1. The number of halogens is 3. The van der Waals surface area contributed by atoms with Crippen molar-refractivity contribution in [3.05, 3.63) is 96.2 Å². The molecule has 3 amide bonds. The first kappa shape index (κ1) is 27.8. The molecule has 6 rings (SSSR count). The summed E-state index contributed by atoms with van der Waals surface area (Å²) in [6.07, 6.45) is -3.24. The molecule has 2 heterocycles. The number of para-hydroxylation sites is 1. The number of alkyl halides is 3. The molecule has 1 fully saturated rings. The van der Waals surface area contributed by atoms with Crippen LogP contribution >= 0.6 is 0 Å². The van der Waals surface area contributed by atoms with Crippen molar-refractivity contribution in [2.24, 2.45) is 7.05 Å². The monoisotopic (exact) mass is 585 g/mol.